The van der Waals surface area contributed by atoms with Gasteiger partial charge >= 0.3 is 0 Å². The summed E-state index contributed by atoms with van der Waals surface area (Å²) < 4.78 is 24.0. The second kappa shape index (κ2) is 5.24. The maximum absolute atomic E-state index is 10.9. The number of H-pyrrole nitrogens is 1. The molecule has 0 aliphatic rings. The number of hydrogen-bond acceptors (Lipinski definition) is 4. The van der Waals surface area contributed by atoms with Crippen LogP contribution in [-0.2, 0) is 16.8 Å². The first-order chi connectivity index (χ1) is 10.0. The quantitative estimate of drug-likeness (QED) is 0.665. The third-order valence-electron chi connectivity index (χ3n) is 3.06. The molecular weight excluding hydrogens is 290 g/mol. The molecule has 0 aliphatic carbocycles. The Labute approximate surface area is 121 Å². The third-order valence-corrected chi connectivity index (χ3v) is 3.61. The summed E-state index contributed by atoms with van der Waals surface area (Å²) in [7, 11) is -3.68. The molecule has 0 saturated heterocycles. The predicted molar refractivity (Wildman–Crippen MR) is 79.3 cm³/mol. The Kier molecular flexibility index (Phi) is 3.42. The van der Waals surface area contributed by atoms with Crippen LogP contribution in [-0.4, -0.2) is 23.4 Å². The molecule has 0 saturated carbocycles. The molecule has 3 aromatic rings. The van der Waals surface area contributed by atoms with Crippen molar-refractivity contribution in [1.82, 2.24) is 19.7 Å². The van der Waals surface area contributed by atoms with Crippen molar-refractivity contribution in [3.63, 3.8) is 0 Å². The molecule has 0 bridgehead atoms. The number of benzene rings is 1. The summed E-state index contributed by atoms with van der Waals surface area (Å²) in [4.78, 5) is 11.5. The lowest BCUT2D eigenvalue weighted by Gasteiger charge is -2.05. The highest BCUT2D eigenvalue weighted by molar-refractivity contribution is 7.87. The number of rotatable bonds is 4. The molecular formula is C13H13N5O2S. The predicted octanol–water partition coefficient (Wildman–Crippen LogP) is 0.918. The summed E-state index contributed by atoms with van der Waals surface area (Å²) in [6.45, 7) is 0.155. The third kappa shape index (κ3) is 3.07. The number of aromatic amines is 1. The van der Waals surface area contributed by atoms with Gasteiger partial charge in [0.05, 0.1) is 5.69 Å². The first kappa shape index (κ1) is 13.7. The zero-order chi connectivity index (χ0) is 14.9. The highest BCUT2D eigenvalue weighted by atomic mass is 32.2. The van der Waals surface area contributed by atoms with Crippen LogP contribution in [0.15, 0.2) is 42.9 Å². The minimum absolute atomic E-state index is 0.155. The Morgan fingerprint density at radius 1 is 1.14 bits per heavy atom. The van der Waals surface area contributed by atoms with Crippen molar-refractivity contribution >= 4 is 21.2 Å². The fourth-order valence-corrected chi connectivity index (χ4v) is 2.43. The van der Waals surface area contributed by atoms with Gasteiger partial charge in [0.2, 0.25) is 0 Å². The number of hydrogen-bond donors (Lipinski definition) is 3. The van der Waals surface area contributed by atoms with Gasteiger partial charge in [0, 0.05) is 23.7 Å². The summed E-state index contributed by atoms with van der Waals surface area (Å²) in [5.74, 6) is 0. The average molecular weight is 303 g/mol. The van der Waals surface area contributed by atoms with Crippen molar-refractivity contribution in [2.45, 2.75) is 6.54 Å². The largest absolute Gasteiger partial charge is 0.346 e. The zero-order valence-corrected chi connectivity index (χ0v) is 11.8. The molecule has 0 radical (unpaired) electrons. The highest BCUT2D eigenvalue weighted by Crippen LogP contribution is 2.24. The van der Waals surface area contributed by atoms with Crippen LogP contribution in [0.3, 0.4) is 0 Å². The number of nitrogens with zero attached hydrogens (tertiary/aromatic N) is 2. The second-order valence-corrected chi connectivity index (χ2v) is 5.90. The second-order valence-electron chi connectivity index (χ2n) is 4.53. The van der Waals surface area contributed by atoms with Crippen LogP contribution >= 0.6 is 0 Å². The fourth-order valence-electron chi connectivity index (χ4n) is 2.07. The highest BCUT2D eigenvalue weighted by Gasteiger charge is 2.07. The molecule has 4 N–H and O–H groups in total. The van der Waals surface area contributed by atoms with E-state index in [-0.39, 0.29) is 6.54 Å². The van der Waals surface area contributed by atoms with E-state index in [1.807, 2.05) is 36.5 Å². The SMILES string of the molecule is NS(=O)(=O)NCc1ccc(-c2ncnc3[nH]ccc23)cc1. The van der Waals surface area contributed by atoms with Crippen molar-refractivity contribution in [2.24, 2.45) is 5.14 Å². The van der Waals surface area contributed by atoms with Crippen LogP contribution in [0.4, 0.5) is 0 Å². The maximum atomic E-state index is 10.9. The van der Waals surface area contributed by atoms with E-state index in [0.717, 1.165) is 27.9 Å². The average Bonchev–Trinajstić information content (AvgIpc) is 2.93. The number of nitrogens with two attached hydrogens (primary N) is 1. The molecule has 21 heavy (non-hydrogen) atoms. The Bertz CT molecular complexity index is 871. The Hall–Kier alpha value is -2.29. The molecule has 0 atom stereocenters. The van der Waals surface area contributed by atoms with Crippen molar-refractivity contribution in [2.75, 3.05) is 0 Å². The van der Waals surface area contributed by atoms with E-state index in [0.29, 0.717) is 0 Å². The van der Waals surface area contributed by atoms with Gasteiger partial charge in [-0.1, -0.05) is 24.3 Å². The lowest BCUT2D eigenvalue weighted by Crippen LogP contribution is -2.30. The first-order valence-electron chi connectivity index (χ1n) is 6.18. The van der Waals surface area contributed by atoms with E-state index in [2.05, 4.69) is 19.7 Å². The van der Waals surface area contributed by atoms with Gasteiger partial charge in [-0.15, -0.1) is 0 Å². The van der Waals surface area contributed by atoms with Crippen LogP contribution in [0.5, 0.6) is 0 Å². The van der Waals surface area contributed by atoms with E-state index in [4.69, 9.17) is 5.14 Å². The molecule has 0 fully saturated rings. The van der Waals surface area contributed by atoms with Gasteiger partial charge in [-0.3, -0.25) is 0 Å². The lowest BCUT2D eigenvalue weighted by atomic mass is 10.1. The Balaban J connectivity index is 1.89. The molecule has 0 aliphatic heterocycles. The van der Waals surface area contributed by atoms with Crippen LogP contribution < -0.4 is 9.86 Å². The van der Waals surface area contributed by atoms with Crippen molar-refractivity contribution in [3.8, 4) is 11.3 Å². The molecule has 0 spiro atoms. The summed E-state index contributed by atoms with van der Waals surface area (Å²) in [6.07, 6.45) is 3.32. The van der Waals surface area contributed by atoms with Gasteiger partial charge < -0.3 is 4.98 Å². The lowest BCUT2D eigenvalue weighted by molar-refractivity contribution is 0.583. The standard InChI is InChI=1S/C13H13N5O2S/c14-21(19,20)18-7-9-1-3-10(4-2-9)12-11-5-6-15-13(11)17-8-16-12/h1-6,8,18H,7H2,(H2,14,19,20)(H,15,16,17). The van der Waals surface area contributed by atoms with Gasteiger partial charge in [-0.05, 0) is 11.6 Å². The van der Waals surface area contributed by atoms with Crippen LogP contribution in [0.2, 0.25) is 0 Å². The van der Waals surface area contributed by atoms with Gasteiger partial charge in [-0.25, -0.2) is 15.1 Å². The van der Waals surface area contributed by atoms with Crippen LogP contribution in [0.1, 0.15) is 5.56 Å². The van der Waals surface area contributed by atoms with E-state index in [9.17, 15) is 8.42 Å². The Morgan fingerprint density at radius 3 is 2.62 bits per heavy atom. The molecule has 0 amide bonds. The maximum Gasteiger partial charge on any atom is 0.274 e. The fraction of sp³-hybridized carbons (Fsp3) is 0.0769. The van der Waals surface area contributed by atoms with Gasteiger partial charge in [0.1, 0.15) is 12.0 Å². The number of nitrogens with one attached hydrogen (secondary N) is 2. The minimum Gasteiger partial charge on any atom is -0.346 e. The number of fused-ring (bicyclic) bond motifs is 1. The monoisotopic (exact) mass is 303 g/mol. The molecule has 2 heterocycles. The van der Waals surface area contributed by atoms with E-state index < -0.39 is 10.2 Å². The molecule has 0 unspecified atom stereocenters. The molecule has 1 aromatic carbocycles. The summed E-state index contributed by atoms with van der Waals surface area (Å²) in [6, 6.07) is 9.34. The first-order valence-corrected chi connectivity index (χ1v) is 7.72. The van der Waals surface area contributed by atoms with E-state index >= 15 is 0 Å². The van der Waals surface area contributed by atoms with E-state index in [1.54, 1.807) is 0 Å². The van der Waals surface area contributed by atoms with Crippen LogP contribution in [0, 0.1) is 0 Å². The molecule has 3 rings (SSSR count). The van der Waals surface area contributed by atoms with E-state index in [1.165, 1.54) is 6.33 Å². The van der Waals surface area contributed by atoms with Crippen LogP contribution in [0.25, 0.3) is 22.3 Å². The molecule has 108 valence electrons. The van der Waals surface area contributed by atoms with Gasteiger partial charge in [-0.2, -0.15) is 13.1 Å². The Morgan fingerprint density at radius 2 is 1.90 bits per heavy atom. The van der Waals surface area contributed by atoms with Gasteiger partial charge in [0.15, 0.2) is 0 Å². The topological polar surface area (TPSA) is 114 Å². The van der Waals surface area contributed by atoms with Crippen molar-refractivity contribution in [1.29, 1.82) is 0 Å². The van der Waals surface area contributed by atoms with Crippen molar-refractivity contribution < 1.29 is 8.42 Å². The minimum atomic E-state index is -3.68. The summed E-state index contributed by atoms with van der Waals surface area (Å²) in [5, 5.41) is 5.83. The van der Waals surface area contributed by atoms with Gasteiger partial charge in [0.25, 0.3) is 10.2 Å². The molecule has 8 heteroatoms. The molecule has 7 nitrogen and oxygen atoms in total. The summed E-state index contributed by atoms with van der Waals surface area (Å²) in [5.41, 5.74) is 3.35. The van der Waals surface area contributed by atoms with Crippen molar-refractivity contribution in [3.05, 3.63) is 48.4 Å². The summed E-state index contributed by atoms with van der Waals surface area (Å²) >= 11 is 0. The smallest absolute Gasteiger partial charge is 0.274 e. The molecule has 2 aromatic heterocycles. The normalized spacial score (nSPS) is 11.9. The zero-order valence-electron chi connectivity index (χ0n) is 10.9. The number of aromatic nitrogens is 3.